The molecule has 0 spiro atoms. The minimum Gasteiger partial charge on any atom is -0.391 e. The molecule has 0 radical (unpaired) electrons. The molecule has 124 valence electrons. The van der Waals surface area contributed by atoms with Crippen molar-refractivity contribution in [2.24, 2.45) is 0 Å². The number of anilines is 1. The number of urea groups is 1. The van der Waals surface area contributed by atoms with Gasteiger partial charge in [0.15, 0.2) is 0 Å². The Balaban J connectivity index is 2.53. The van der Waals surface area contributed by atoms with E-state index in [0.717, 1.165) is 5.69 Å². The Labute approximate surface area is 133 Å². The summed E-state index contributed by atoms with van der Waals surface area (Å²) in [6.45, 7) is 9.53. The second kappa shape index (κ2) is 8.63. The van der Waals surface area contributed by atoms with Gasteiger partial charge in [0.05, 0.1) is 6.10 Å². The summed E-state index contributed by atoms with van der Waals surface area (Å²) in [6, 6.07) is 9.76. The van der Waals surface area contributed by atoms with E-state index in [-0.39, 0.29) is 17.7 Å². The minimum atomic E-state index is -0.372. The Morgan fingerprint density at radius 3 is 2.45 bits per heavy atom. The highest BCUT2D eigenvalue weighted by molar-refractivity contribution is 5.74. The van der Waals surface area contributed by atoms with Crippen LogP contribution < -0.4 is 15.5 Å². The van der Waals surface area contributed by atoms with Gasteiger partial charge in [0.1, 0.15) is 0 Å². The lowest BCUT2D eigenvalue weighted by molar-refractivity contribution is 0.175. The lowest BCUT2D eigenvalue weighted by atomic mass is 10.1. The molecule has 0 aliphatic carbocycles. The highest BCUT2D eigenvalue weighted by Crippen LogP contribution is 2.13. The van der Waals surface area contributed by atoms with Crippen molar-refractivity contribution >= 4 is 11.7 Å². The van der Waals surface area contributed by atoms with Crippen LogP contribution in [0, 0.1) is 0 Å². The number of carbonyl (C=O) groups is 1. The molecule has 0 aromatic heterocycles. The number of nitrogens with zero attached hydrogens (tertiary/aromatic N) is 1. The van der Waals surface area contributed by atoms with Crippen molar-refractivity contribution in [1.82, 2.24) is 10.6 Å². The second-order valence-electron chi connectivity index (χ2n) is 6.47. The van der Waals surface area contributed by atoms with Gasteiger partial charge in [0.2, 0.25) is 0 Å². The van der Waals surface area contributed by atoms with E-state index in [1.54, 1.807) is 0 Å². The molecule has 0 heterocycles. The van der Waals surface area contributed by atoms with Crippen molar-refractivity contribution in [3.8, 4) is 0 Å². The van der Waals surface area contributed by atoms with Crippen LogP contribution >= 0.6 is 0 Å². The van der Waals surface area contributed by atoms with Gasteiger partial charge >= 0.3 is 6.03 Å². The summed E-state index contributed by atoms with van der Waals surface area (Å²) in [5, 5.41) is 15.6. The zero-order valence-electron chi connectivity index (χ0n) is 14.1. The molecule has 0 saturated carbocycles. The van der Waals surface area contributed by atoms with Crippen molar-refractivity contribution in [1.29, 1.82) is 0 Å². The van der Waals surface area contributed by atoms with Crippen LogP contribution in [0.25, 0.3) is 0 Å². The molecule has 5 nitrogen and oxygen atoms in total. The normalized spacial score (nSPS) is 12.6. The molecule has 1 rings (SSSR count). The Morgan fingerprint density at radius 1 is 1.27 bits per heavy atom. The Kier molecular flexibility index (Phi) is 7.18. The van der Waals surface area contributed by atoms with Gasteiger partial charge in [-0.3, -0.25) is 0 Å². The monoisotopic (exact) mass is 307 g/mol. The van der Waals surface area contributed by atoms with Gasteiger partial charge in [0.25, 0.3) is 0 Å². The van der Waals surface area contributed by atoms with Gasteiger partial charge < -0.3 is 20.6 Å². The first-order valence-corrected chi connectivity index (χ1v) is 7.86. The number of nitrogens with one attached hydrogen (secondary N) is 2. The fraction of sp³-hybridized carbons (Fsp3) is 0.588. The van der Waals surface area contributed by atoms with Crippen LogP contribution in [-0.2, 0) is 0 Å². The second-order valence-corrected chi connectivity index (χ2v) is 6.47. The summed E-state index contributed by atoms with van der Waals surface area (Å²) in [5.41, 5.74) is 0.801. The molecule has 1 aromatic rings. The number of amides is 2. The van der Waals surface area contributed by atoms with Crippen molar-refractivity contribution < 1.29 is 9.90 Å². The lowest BCUT2D eigenvalue weighted by Gasteiger charge is -2.27. The van der Waals surface area contributed by atoms with Crippen LogP contribution in [-0.4, -0.2) is 42.4 Å². The number of benzene rings is 1. The molecule has 0 saturated heterocycles. The number of carbonyl (C=O) groups excluding carboxylic acids is 1. The average Bonchev–Trinajstić information content (AvgIpc) is 2.45. The fourth-order valence-corrected chi connectivity index (χ4v) is 2.04. The van der Waals surface area contributed by atoms with Gasteiger partial charge in [-0.25, -0.2) is 4.79 Å². The van der Waals surface area contributed by atoms with E-state index >= 15 is 0 Å². The van der Waals surface area contributed by atoms with Gasteiger partial charge in [-0.2, -0.15) is 0 Å². The van der Waals surface area contributed by atoms with Crippen LogP contribution in [0.15, 0.2) is 30.3 Å². The van der Waals surface area contributed by atoms with E-state index in [0.29, 0.717) is 26.1 Å². The van der Waals surface area contributed by atoms with E-state index in [2.05, 4.69) is 15.5 Å². The number of para-hydroxylation sites is 1. The first-order chi connectivity index (χ1) is 10.3. The molecule has 0 aliphatic heterocycles. The average molecular weight is 307 g/mol. The van der Waals surface area contributed by atoms with Crippen molar-refractivity contribution in [2.45, 2.75) is 45.8 Å². The maximum absolute atomic E-state index is 11.8. The van der Waals surface area contributed by atoms with Crippen LogP contribution in [0.2, 0.25) is 0 Å². The summed E-state index contributed by atoms with van der Waals surface area (Å²) in [5.74, 6) is 0. The molecule has 1 unspecified atom stereocenters. The maximum Gasteiger partial charge on any atom is 0.315 e. The van der Waals surface area contributed by atoms with Crippen molar-refractivity contribution in [3.05, 3.63) is 30.3 Å². The molecule has 1 aromatic carbocycles. The molecule has 0 fully saturated rings. The molecule has 5 heteroatoms. The molecule has 22 heavy (non-hydrogen) atoms. The third-order valence-electron chi connectivity index (χ3n) is 3.18. The predicted molar refractivity (Wildman–Crippen MR) is 91.2 cm³/mol. The number of aliphatic hydroxyl groups is 1. The lowest BCUT2D eigenvalue weighted by Crippen LogP contribution is -2.48. The number of hydrogen-bond donors (Lipinski definition) is 3. The Bertz CT molecular complexity index is 443. The summed E-state index contributed by atoms with van der Waals surface area (Å²) >= 11 is 0. The van der Waals surface area contributed by atoms with Gasteiger partial charge in [-0.15, -0.1) is 0 Å². The van der Waals surface area contributed by atoms with Crippen LogP contribution in [0.5, 0.6) is 0 Å². The number of aliphatic hydroxyl groups excluding tert-OH is 1. The summed E-state index contributed by atoms with van der Waals surface area (Å²) in [6.07, 6.45) is 0.338. The SMILES string of the molecule is CCC(O)CN(CCNC(=O)NC(C)(C)C)c1ccccc1. The smallest absolute Gasteiger partial charge is 0.315 e. The molecule has 2 amide bonds. The van der Waals surface area contributed by atoms with Crippen LogP contribution in [0.3, 0.4) is 0 Å². The van der Waals surface area contributed by atoms with Crippen LogP contribution in [0.1, 0.15) is 34.1 Å². The highest BCUT2D eigenvalue weighted by Gasteiger charge is 2.14. The maximum atomic E-state index is 11.8. The van der Waals surface area contributed by atoms with E-state index in [1.807, 2.05) is 58.0 Å². The first-order valence-electron chi connectivity index (χ1n) is 7.86. The van der Waals surface area contributed by atoms with E-state index in [1.165, 1.54) is 0 Å². The number of rotatable bonds is 7. The third kappa shape index (κ3) is 7.31. The summed E-state index contributed by atoms with van der Waals surface area (Å²) < 4.78 is 0. The van der Waals surface area contributed by atoms with Crippen molar-refractivity contribution in [3.63, 3.8) is 0 Å². The van der Waals surface area contributed by atoms with Gasteiger partial charge in [-0.05, 0) is 39.3 Å². The summed E-state index contributed by atoms with van der Waals surface area (Å²) in [4.78, 5) is 13.9. The molecular weight excluding hydrogens is 278 g/mol. The zero-order chi connectivity index (χ0) is 16.6. The largest absolute Gasteiger partial charge is 0.391 e. The molecule has 1 atom stereocenters. The minimum absolute atomic E-state index is 0.170. The zero-order valence-corrected chi connectivity index (χ0v) is 14.1. The quantitative estimate of drug-likeness (QED) is 0.724. The molecular formula is C17H29N3O2. The summed E-state index contributed by atoms with van der Waals surface area (Å²) in [7, 11) is 0. The molecule has 0 bridgehead atoms. The van der Waals surface area contributed by atoms with E-state index in [9.17, 15) is 9.90 Å². The Hall–Kier alpha value is -1.75. The van der Waals surface area contributed by atoms with E-state index < -0.39 is 0 Å². The van der Waals surface area contributed by atoms with Gasteiger partial charge in [0, 0.05) is 30.9 Å². The topological polar surface area (TPSA) is 64.6 Å². The highest BCUT2D eigenvalue weighted by atomic mass is 16.3. The van der Waals surface area contributed by atoms with E-state index in [4.69, 9.17) is 0 Å². The predicted octanol–water partition coefficient (Wildman–Crippen LogP) is 2.36. The fourth-order valence-electron chi connectivity index (χ4n) is 2.04. The van der Waals surface area contributed by atoms with Crippen LogP contribution in [0.4, 0.5) is 10.5 Å². The third-order valence-corrected chi connectivity index (χ3v) is 3.18. The van der Waals surface area contributed by atoms with Gasteiger partial charge in [-0.1, -0.05) is 25.1 Å². The van der Waals surface area contributed by atoms with Crippen molar-refractivity contribution in [2.75, 3.05) is 24.5 Å². The number of hydrogen-bond acceptors (Lipinski definition) is 3. The molecule has 3 N–H and O–H groups in total. The molecule has 0 aliphatic rings. The first kappa shape index (κ1) is 18.3. The standard InChI is InChI=1S/C17H29N3O2/c1-5-15(21)13-20(14-9-7-6-8-10-14)12-11-18-16(22)19-17(2,3)4/h6-10,15,21H,5,11-13H2,1-4H3,(H2,18,19,22). The Morgan fingerprint density at radius 2 is 1.91 bits per heavy atom.